The van der Waals surface area contributed by atoms with Crippen molar-refractivity contribution in [3.05, 3.63) is 64.1 Å². The predicted octanol–water partition coefficient (Wildman–Crippen LogP) is 2.81. The molecule has 1 aromatic heterocycles. The van der Waals surface area contributed by atoms with Gasteiger partial charge in [0.1, 0.15) is 5.75 Å². The number of nitrogens with zero attached hydrogens (tertiary/aromatic N) is 2. The van der Waals surface area contributed by atoms with Gasteiger partial charge in [-0.25, -0.2) is 4.79 Å². The van der Waals surface area contributed by atoms with Gasteiger partial charge in [-0.15, -0.1) is 0 Å². The summed E-state index contributed by atoms with van der Waals surface area (Å²) < 4.78 is 5.20. The molecular formula is C23H25N3O4. The van der Waals surface area contributed by atoms with Gasteiger partial charge in [0.2, 0.25) is 5.91 Å². The Morgan fingerprint density at radius 3 is 2.53 bits per heavy atom. The number of phenols is 1. The molecule has 7 nitrogen and oxygen atoms in total. The normalized spacial score (nSPS) is 21.0. The monoisotopic (exact) mass is 407 g/mol. The van der Waals surface area contributed by atoms with Crippen molar-refractivity contribution in [2.24, 2.45) is 0 Å². The van der Waals surface area contributed by atoms with Crippen LogP contribution >= 0.6 is 0 Å². The van der Waals surface area contributed by atoms with Crippen LogP contribution in [0, 0.1) is 0 Å². The first-order chi connectivity index (χ1) is 14.6. The molecule has 2 aliphatic rings. The van der Waals surface area contributed by atoms with E-state index in [2.05, 4.69) is 16.0 Å². The molecule has 30 heavy (non-hydrogen) atoms. The van der Waals surface area contributed by atoms with Crippen LogP contribution in [0.3, 0.4) is 0 Å². The van der Waals surface area contributed by atoms with Crippen LogP contribution in [0.25, 0.3) is 11.1 Å². The van der Waals surface area contributed by atoms with Gasteiger partial charge in [-0.3, -0.25) is 14.7 Å². The molecule has 2 aliphatic heterocycles. The fraction of sp³-hybridized carbons (Fsp3) is 0.391. The molecule has 1 unspecified atom stereocenters. The van der Waals surface area contributed by atoms with Crippen molar-refractivity contribution in [1.82, 2.24) is 14.8 Å². The van der Waals surface area contributed by atoms with Gasteiger partial charge in [-0.05, 0) is 73.7 Å². The Hall–Kier alpha value is -3.06. The Labute approximate surface area is 173 Å². The van der Waals surface area contributed by atoms with E-state index in [9.17, 15) is 14.7 Å². The highest BCUT2D eigenvalue weighted by atomic mass is 16.4. The number of phenolic OH excluding ortho intramolecular Hbond substituents is 1. The zero-order valence-corrected chi connectivity index (χ0v) is 16.7. The SMILES string of the molecule is O=C1C(N2CCC(c3ccc4[nH]c(=O)oc4c3)CC2)CCN1Cc1ccc(O)cc1. The van der Waals surface area contributed by atoms with E-state index in [4.69, 9.17) is 4.42 Å². The van der Waals surface area contributed by atoms with E-state index in [1.807, 2.05) is 29.2 Å². The molecule has 2 aromatic carbocycles. The molecule has 7 heteroatoms. The molecule has 2 saturated heterocycles. The van der Waals surface area contributed by atoms with Crippen molar-refractivity contribution >= 4 is 17.0 Å². The summed E-state index contributed by atoms with van der Waals surface area (Å²) in [5, 5.41) is 9.43. The lowest BCUT2D eigenvalue weighted by atomic mass is 9.88. The van der Waals surface area contributed by atoms with Gasteiger partial charge >= 0.3 is 5.76 Å². The Kier molecular flexibility index (Phi) is 4.83. The molecule has 156 valence electrons. The first-order valence-electron chi connectivity index (χ1n) is 10.5. The second-order valence-electron chi connectivity index (χ2n) is 8.31. The van der Waals surface area contributed by atoms with Crippen molar-refractivity contribution in [2.45, 2.75) is 37.8 Å². The Morgan fingerprint density at radius 2 is 1.77 bits per heavy atom. The number of nitrogens with one attached hydrogen (secondary N) is 1. The molecule has 1 atom stereocenters. The molecule has 0 spiro atoms. The van der Waals surface area contributed by atoms with Crippen LogP contribution in [-0.4, -0.2) is 51.5 Å². The number of aromatic amines is 1. The van der Waals surface area contributed by atoms with Gasteiger partial charge in [0.25, 0.3) is 0 Å². The standard InChI is InChI=1S/C23H25N3O4/c27-18-4-1-15(2-5-18)14-26-12-9-20(22(26)28)25-10-7-16(8-11-25)17-3-6-19-21(13-17)30-23(29)24-19/h1-6,13,16,20,27H,7-12,14H2,(H,24,29). The number of carbonyl (C=O) groups excluding carboxylic acids is 1. The van der Waals surface area contributed by atoms with Crippen LogP contribution in [0.15, 0.2) is 51.7 Å². The van der Waals surface area contributed by atoms with Crippen LogP contribution in [0.4, 0.5) is 0 Å². The maximum absolute atomic E-state index is 13.0. The fourth-order valence-electron chi connectivity index (χ4n) is 4.80. The van der Waals surface area contributed by atoms with E-state index in [0.717, 1.165) is 50.0 Å². The number of benzene rings is 2. The summed E-state index contributed by atoms with van der Waals surface area (Å²) >= 11 is 0. The summed E-state index contributed by atoms with van der Waals surface area (Å²) in [5.74, 6) is 0.436. The topological polar surface area (TPSA) is 89.8 Å². The third-order valence-electron chi connectivity index (χ3n) is 6.47. The largest absolute Gasteiger partial charge is 0.508 e. The molecule has 0 aliphatic carbocycles. The van der Waals surface area contributed by atoms with Crippen molar-refractivity contribution < 1.29 is 14.3 Å². The predicted molar refractivity (Wildman–Crippen MR) is 112 cm³/mol. The molecule has 3 heterocycles. The molecule has 2 N–H and O–H groups in total. The van der Waals surface area contributed by atoms with Crippen molar-refractivity contribution in [1.29, 1.82) is 0 Å². The number of likely N-dealkylation sites (tertiary alicyclic amines) is 2. The van der Waals surface area contributed by atoms with E-state index in [1.165, 1.54) is 5.56 Å². The van der Waals surface area contributed by atoms with E-state index in [1.54, 1.807) is 12.1 Å². The zero-order chi connectivity index (χ0) is 20.7. The Balaban J connectivity index is 1.20. The lowest BCUT2D eigenvalue weighted by Gasteiger charge is -2.35. The lowest BCUT2D eigenvalue weighted by Crippen LogP contribution is -2.45. The number of oxazole rings is 1. The van der Waals surface area contributed by atoms with Gasteiger partial charge in [0.15, 0.2) is 5.58 Å². The molecule has 0 radical (unpaired) electrons. The molecule has 1 amide bonds. The fourth-order valence-corrected chi connectivity index (χ4v) is 4.80. The number of H-pyrrole nitrogens is 1. The average molecular weight is 407 g/mol. The van der Waals surface area contributed by atoms with Crippen molar-refractivity contribution in [2.75, 3.05) is 19.6 Å². The summed E-state index contributed by atoms with van der Waals surface area (Å²) in [5.41, 5.74) is 3.56. The molecule has 5 rings (SSSR count). The number of aromatic hydroxyl groups is 1. The minimum absolute atomic E-state index is 0.0340. The number of carbonyl (C=O) groups is 1. The third-order valence-corrected chi connectivity index (χ3v) is 6.47. The minimum Gasteiger partial charge on any atom is -0.508 e. The summed E-state index contributed by atoms with van der Waals surface area (Å²) in [7, 11) is 0. The van der Waals surface area contributed by atoms with E-state index in [-0.39, 0.29) is 17.7 Å². The Bertz CT molecular complexity index is 1110. The second-order valence-corrected chi connectivity index (χ2v) is 8.31. The van der Waals surface area contributed by atoms with E-state index < -0.39 is 5.76 Å². The highest BCUT2D eigenvalue weighted by Crippen LogP contribution is 2.32. The maximum Gasteiger partial charge on any atom is 0.417 e. The maximum atomic E-state index is 13.0. The summed E-state index contributed by atoms with van der Waals surface area (Å²) in [6.07, 6.45) is 2.84. The first-order valence-corrected chi connectivity index (χ1v) is 10.5. The highest BCUT2D eigenvalue weighted by Gasteiger charge is 2.37. The quantitative estimate of drug-likeness (QED) is 0.694. The molecule has 3 aromatic rings. The number of amides is 1. The summed E-state index contributed by atoms with van der Waals surface area (Å²) in [6.45, 7) is 3.15. The smallest absolute Gasteiger partial charge is 0.417 e. The number of hydrogen-bond donors (Lipinski definition) is 2. The van der Waals surface area contributed by atoms with E-state index in [0.29, 0.717) is 18.0 Å². The Morgan fingerprint density at radius 1 is 1.00 bits per heavy atom. The number of fused-ring (bicyclic) bond motifs is 1. The third kappa shape index (κ3) is 3.61. The van der Waals surface area contributed by atoms with Gasteiger partial charge in [-0.1, -0.05) is 18.2 Å². The minimum atomic E-state index is -0.423. The van der Waals surface area contributed by atoms with Gasteiger partial charge in [0.05, 0.1) is 11.6 Å². The molecule has 2 fully saturated rings. The number of hydrogen-bond acceptors (Lipinski definition) is 5. The molecule has 0 bridgehead atoms. The van der Waals surface area contributed by atoms with Gasteiger partial charge < -0.3 is 14.4 Å². The molecular weight excluding hydrogens is 382 g/mol. The zero-order valence-electron chi connectivity index (χ0n) is 16.7. The van der Waals surface area contributed by atoms with Crippen molar-refractivity contribution in [3.8, 4) is 5.75 Å². The molecule has 0 saturated carbocycles. The highest BCUT2D eigenvalue weighted by molar-refractivity contribution is 5.84. The van der Waals surface area contributed by atoms with Crippen LogP contribution in [0.2, 0.25) is 0 Å². The van der Waals surface area contributed by atoms with Crippen LogP contribution in [0.1, 0.15) is 36.3 Å². The number of piperidine rings is 1. The van der Waals surface area contributed by atoms with Gasteiger partial charge in [-0.2, -0.15) is 0 Å². The summed E-state index contributed by atoms with van der Waals surface area (Å²) in [6, 6.07) is 13.0. The van der Waals surface area contributed by atoms with Crippen molar-refractivity contribution in [3.63, 3.8) is 0 Å². The van der Waals surface area contributed by atoms with Crippen LogP contribution in [-0.2, 0) is 11.3 Å². The van der Waals surface area contributed by atoms with Crippen LogP contribution in [0.5, 0.6) is 5.75 Å². The first kappa shape index (κ1) is 18.9. The second kappa shape index (κ2) is 7.65. The number of rotatable bonds is 4. The average Bonchev–Trinajstić information content (AvgIpc) is 3.31. The van der Waals surface area contributed by atoms with Crippen LogP contribution < -0.4 is 5.76 Å². The number of aromatic nitrogens is 1. The lowest BCUT2D eigenvalue weighted by molar-refractivity contribution is -0.133. The van der Waals surface area contributed by atoms with Gasteiger partial charge in [0, 0.05) is 13.1 Å². The summed E-state index contributed by atoms with van der Waals surface area (Å²) in [4.78, 5) is 31.3. The van der Waals surface area contributed by atoms with E-state index >= 15 is 0 Å².